The number of amides is 1. The number of anilines is 1. The van der Waals surface area contributed by atoms with Gasteiger partial charge in [0.15, 0.2) is 0 Å². The van der Waals surface area contributed by atoms with Crippen LogP contribution in [0.4, 0.5) is 10.1 Å². The highest BCUT2D eigenvalue weighted by atomic mass is 35.5. The topological polar surface area (TPSA) is 49.3 Å². The minimum Gasteiger partial charge on any atom is -0.506 e. The van der Waals surface area contributed by atoms with Crippen LogP contribution in [0.1, 0.15) is 10.4 Å². The average molecular weight is 266 g/mol. The molecule has 0 saturated carbocycles. The number of carbonyl (C=O) groups is 1. The van der Waals surface area contributed by atoms with Crippen LogP contribution in [0.2, 0.25) is 5.02 Å². The Morgan fingerprint density at radius 2 is 1.83 bits per heavy atom. The van der Waals surface area contributed by atoms with E-state index < -0.39 is 11.7 Å². The predicted octanol–water partition coefficient (Wildman–Crippen LogP) is 3.44. The van der Waals surface area contributed by atoms with Gasteiger partial charge in [0.25, 0.3) is 5.91 Å². The summed E-state index contributed by atoms with van der Waals surface area (Å²) in [4.78, 5) is 11.8. The van der Waals surface area contributed by atoms with Gasteiger partial charge >= 0.3 is 0 Å². The molecule has 0 atom stereocenters. The minimum absolute atomic E-state index is 0.117. The SMILES string of the molecule is O=C(Nc1ccc(Cl)c(O)c1)c1ccc(F)cc1. The first kappa shape index (κ1) is 12.4. The first-order valence-electron chi connectivity index (χ1n) is 5.12. The molecule has 0 saturated heterocycles. The second kappa shape index (κ2) is 5.06. The number of phenols is 1. The van der Waals surface area contributed by atoms with Gasteiger partial charge in [-0.15, -0.1) is 0 Å². The monoisotopic (exact) mass is 265 g/mol. The molecule has 0 radical (unpaired) electrons. The number of carbonyl (C=O) groups excluding carboxylic acids is 1. The fraction of sp³-hybridized carbons (Fsp3) is 0. The average Bonchev–Trinajstić information content (AvgIpc) is 2.34. The van der Waals surface area contributed by atoms with E-state index in [0.717, 1.165) is 0 Å². The van der Waals surface area contributed by atoms with Crippen LogP contribution in [0, 0.1) is 5.82 Å². The molecule has 92 valence electrons. The molecule has 0 heterocycles. The van der Waals surface area contributed by atoms with E-state index in [2.05, 4.69) is 5.32 Å². The van der Waals surface area contributed by atoms with Gasteiger partial charge in [-0.1, -0.05) is 11.6 Å². The second-order valence-corrected chi connectivity index (χ2v) is 4.03. The third-order valence-corrected chi connectivity index (χ3v) is 2.63. The fourth-order valence-corrected chi connectivity index (χ4v) is 1.51. The zero-order valence-electron chi connectivity index (χ0n) is 9.15. The molecule has 0 aliphatic carbocycles. The van der Waals surface area contributed by atoms with Crippen LogP contribution in [0.3, 0.4) is 0 Å². The van der Waals surface area contributed by atoms with E-state index >= 15 is 0 Å². The van der Waals surface area contributed by atoms with Crippen molar-refractivity contribution in [3.8, 4) is 5.75 Å². The Kier molecular flexibility index (Phi) is 3.48. The Morgan fingerprint density at radius 1 is 1.17 bits per heavy atom. The summed E-state index contributed by atoms with van der Waals surface area (Å²) < 4.78 is 12.7. The van der Waals surface area contributed by atoms with Crippen molar-refractivity contribution in [2.75, 3.05) is 5.32 Å². The Balaban J connectivity index is 2.16. The van der Waals surface area contributed by atoms with Crippen LogP contribution in [-0.4, -0.2) is 11.0 Å². The Bertz CT molecular complexity index is 584. The van der Waals surface area contributed by atoms with Crippen LogP contribution < -0.4 is 5.32 Å². The number of rotatable bonds is 2. The lowest BCUT2D eigenvalue weighted by Crippen LogP contribution is -2.11. The molecule has 18 heavy (non-hydrogen) atoms. The van der Waals surface area contributed by atoms with Gasteiger partial charge < -0.3 is 10.4 Å². The quantitative estimate of drug-likeness (QED) is 0.874. The lowest BCUT2D eigenvalue weighted by molar-refractivity contribution is 0.102. The summed E-state index contributed by atoms with van der Waals surface area (Å²) in [5.74, 6) is -0.916. The number of hydrogen-bond donors (Lipinski definition) is 2. The van der Waals surface area contributed by atoms with Crippen molar-refractivity contribution in [1.29, 1.82) is 0 Å². The van der Waals surface area contributed by atoms with Gasteiger partial charge in [0.2, 0.25) is 0 Å². The second-order valence-electron chi connectivity index (χ2n) is 3.63. The highest BCUT2D eigenvalue weighted by Crippen LogP contribution is 2.26. The molecule has 0 aliphatic heterocycles. The third-order valence-electron chi connectivity index (χ3n) is 2.31. The molecule has 0 unspecified atom stereocenters. The van der Waals surface area contributed by atoms with E-state index in [0.29, 0.717) is 11.3 Å². The van der Waals surface area contributed by atoms with Crippen molar-refractivity contribution in [3.63, 3.8) is 0 Å². The first-order chi connectivity index (χ1) is 8.56. The maximum absolute atomic E-state index is 12.7. The highest BCUT2D eigenvalue weighted by Gasteiger charge is 2.07. The molecule has 0 fully saturated rings. The molecule has 3 nitrogen and oxygen atoms in total. The van der Waals surface area contributed by atoms with Gasteiger partial charge in [-0.3, -0.25) is 4.79 Å². The summed E-state index contributed by atoms with van der Waals surface area (Å²) in [6.45, 7) is 0. The number of phenolic OH excluding ortho intramolecular Hbond substituents is 1. The first-order valence-corrected chi connectivity index (χ1v) is 5.49. The van der Waals surface area contributed by atoms with E-state index in [9.17, 15) is 14.3 Å². The normalized spacial score (nSPS) is 10.1. The minimum atomic E-state index is -0.407. The van der Waals surface area contributed by atoms with Gasteiger partial charge in [0, 0.05) is 17.3 Å². The van der Waals surface area contributed by atoms with Crippen LogP contribution in [-0.2, 0) is 0 Å². The van der Waals surface area contributed by atoms with Gasteiger partial charge in [-0.2, -0.15) is 0 Å². The van der Waals surface area contributed by atoms with Crippen molar-refractivity contribution in [2.24, 2.45) is 0 Å². The summed E-state index contributed by atoms with van der Waals surface area (Å²) in [7, 11) is 0. The summed E-state index contributed by atoms with van der Waals surface area (Å²) in [6.07, 6.45) is 0. The lowest BCUT2D eigenvalue weighted by Gasteiger charge is -2.06. The molecule has 2 rings (SSSR count). The molecule has 0 aliphatic rings. The Labute approximate surface area is 108 Å². The van der Waals surface area contributed by atoms with Gasteiger partial charge in [0.1, 0.15) is 11.6 Å². The summed E-state index contributed by atoms with van der Waals surface area (Å²) in [5, 5.41) is 12.2. The maximum Gasteiger partial charge on any atom is 0.255 e. The smallest absolute Gasteiger partial charge is 0.255 e. The third kappa shape index (κ3) is 2.78. The molecule has 0 aromatic heterocycles. The summed E-state index contributed by atoms with van der Waals surface area (Å²) in [5.41, 5.74) is 0.733. The standard InChI is InChI=1S/C13H9ClFNO2/c14-11-6-5-10(7-12(11)17)16-13(18)8-1-3-9(15)4-2-8/h1-7,17H,(H,16,18). The molecule has 0 bridgehead atoms. The van der Waals surface area contributed by atoms with E-state index in [1.54, 1.807) is 6.07 Å². The van der Waals surface area contributed by atoms with Crippen LogP contribution in [0.25, 0.3) is 0 Å². The maximum atomic E-state index is 12.7. The van der Waals surface area contributed by atoms with Crippen molar-refractivity contribution in [2.45, 2.75) is 0 Å². The number of benzene rings is 2. The molecule has 1 amide bonds. The zero-order chi connectivity index (χ0) is 13.1. The van der Waals surface area contributed by atoms with E-state index in [1.807, 2.05) is 0 Å². The fourth-order valence-electron chi connectivity index (χ4n) is 1.39. The van der Waals surface area contributed by atoms with Crippen molar-refractivity contribution >= 4 is 23.2 Å². The summed E-state index contributed by atoms with van der Waals surface area (Å²) in [6, 6.07) is 9.52. The number of hydrogen-bond acceptors (Lipinski definition) is 2. The molecule has 2 aromatic carbocycles. The van der Waals surface area contributed by atoms with Crippen LogP contribution in [0.5, 0.6) is 5.75 Å². The molecule has 5 heteroatoms. The van der Waals surface area contributed by atoms with E-state index in [4.69, 9.17) is 11.6 Å². The number of aromatic hydroxyl groups is 1. The van der Waals surface area contributed by atoms with Crippen molar-refractivity contribution in [3.05, 3.63) is 58.9 Å². The summed E-state index contributed by atoms with van der Waals surface area (Å²) >= 11 is 5.65. The highest BCUT2D eigenvalue weighted by molar-refractivity contribution is 6.32. The predicted molar refractivity (Wildman–Crippen MR) is 67.5 cm³/mol. The molecule has 2 aromatic rings. The Hall–Kier alpha value is -2.07. The van der Waals surface area contributed by atoms with Crippen molar-refractivity contribution in [1.82, 2.24) is 0 Å². The largest absolute Gasteiger partial charge is 0.506 e. The molecule has 0 spiro atoms. The molecular weight excluding hydrogens is 257 g/mol. The molecular formula is C13H9ClFNO2. The number of halogens is 2. The van der Waals surface area contributed by atoms with Gasteiger partial charge in [-0.05, 0) is 36.4 Å². The number of nitrogens with one attached hydrogen (secondary N) is 1. The zero-order valence-corrected chi connectivity index (χ0v) is 9.91. The van der Waals surface area contributed by atoms with E-state index in [1.165, 1.54) is 36.4 Å². The lowest BCUT2D eigenvalue weighted by atomic mass is 10.2. The van der Waals surface area contributed by atoms with Gasteiger partial charge in [-0.25, -0.2) is 4.39 Å². The van der Waals surface area contributed by atoms with Crippen LogP contribution in [0.15, 0.2) is 42.5 Å². The Morgan fingerprint density at radius 3 is 2.44 bits per heavy atom. The van der Waals surface area contributed by atoms with Gasteiger partial charge in [0.05, 0.1) is 5.02 Å². The van der Waals surface area contributed by atoms with E-state index in [-0.39, 0.29) is 10.8 Å². The molecule has 2 N–H and O–H groups in total. The van der Waals surface area contributed by atoms with Crippen LogP contribution >= 0.6 is 11.6 Å². The van der Waals surface area contributed by atoms with Crippen molar-refractivity contribution < 1.29 is 14.3 Å².